The van der Waals surface area contributed by atoms with Gasteiger partial charge in [-0.2, -0.15) is 16.2 Å². The third kappa shape index (κ3) is 2.42. The largest absolute Gasteiger partial charge is 0.494 e. The minimum absolute atomic E-state index is 0.142. The first-order valence-corrected chi connectivity index (χ1v) is 7.87. The zero-order chi connectivity index (χ0) is 14.3. The zero-order valence-electron chi connectivity index (χ0n) is 11.4. The second-order valence-corrected chi connectivity index (χ2v) is 7.33. The SMILES string of the molecule is COc1cc(C2(O)CC3CCCC(C2)S3)cc(F)c1F. The maximum atomic E-state index is 13.7. The Morgan fingerprint density at radius 3 is 2.50 bits per heavy atom. The molecule has 110 valence electrons. The lowest BCUT2D eigenvalue weighted by Gasteiger charge is -2.44. The minimum atomic E-state index is -1.07. The molecule has 2 nitrogen and oxygen atoms in total. The first-order chi connectivity index (χ1) is 9.51. The third-order valence-corrected chi connectivity index (χ3v) is 5.89. The first kappa shape index (κ1) is 14.1. The summed E-state index contributed by atoms with van der Waals surface area (Å²) in [7, 11) is 1.30. The van der Waals surface area contributed by atoms with Crippen LogP contribution < -0.4 is 4.74 Å². The van der Waals surface area contributed by atoms with Gasteiger partial charge in [0.2, 0.25) is 5.82 Å². The van der Waals surface area contributed by atoms with Crippen molar-refractivity contribution in [3.05, 3.63) is 29.3 Å². The van der Waals surface area contributed by atoms with E-state index in [1.807, 2.05) is 11.8 Å². The summed E-state index contributed by atoms with van der Waals surface area (Å²) in [5.41, 5.74) is -0.631. The monoisotopic (exact) mass is 300 g/mol. The van der Waals surface area contributed by atoms with Gasteiger partial charge in [-0.05, 0) is 43.4 Å². The van der Waals surface area contributed by atoms with Crippen LogP contribution >= 0.6 is 11.8 Å². The lowest BCUT2D eigenvalue weighted by Crippen LogP contribution is -2.40. The topological polar surface area (TPSA) is 29.5 Å². The molecule has 0 aromatic heterocycles. The molecule has 1 N–H and O–H groups in total. The molecule has 2 aliphatic heterocycles. The number of methoxy groups -OCH3 is 1. The molecule has 0 saturated carbocycles. The Hall–Kier alpha value is -0.810. The Balaban J connectivity index is 1.97. The highest BCUT2D eigenvalue weighted by Crippen LogP contribution is 2.50. The fourth-order valence-electron chi connectivity index (χ4n) is 3.34. The van der Waals surface area contributed by atoms with Crippen LogP contribution in [0.25, 0.3) is 0 Å². The molecule has 2 fully saturated rings. The van der Waals surface area contributed by atoms with Crippen LogP contribution in [0.1, 0.15) is 37.7 Å². The van der Waals surface area contributed by atoms with Crippen LogP contribution in [-0.4, -0.2) is 22.7 Å². The molecule has 0 spiro atoms. The Morgan fingerprint density at radius 1 is 1.25 bits per heavy atom. The molecular weight excluding hydrogens is 282 g/mol. The molecule has 0 amide bonds. The fraction of sp³-hybridized carbons (Fsp3) is 0.600. The highest BCUT2D eigenvalue weighted by molar-refractivity contribution is 8.00. The molecule has 2 atom stereocenters. The molecule has 2 heterocycles. The quantitative estimate of drug-likeness (QED) is 0.905. The zero-order valence-corrected chi connectivity index (χ0v) is 12.2. The number of benzene rings is 1. The van der Waals surface area contributed by atoms with E-state index in [0.717, 1.165) is 18.9 Å². The van der Waals surface area contributed by atoms with Gasteiger partial charge in [0.15, 0.2) is 11.6 Å². The molecule has 1 aromatic rings. The van der Waals surface area contributed by atoms with Crippen molar-refractivity contribution < 1.29 is 18.6 Å². The molecule has 5 heteroatoms. The number of ether oxygens (including phenoxy) is 1. The normalized spacial score (nSPS) is 33.0. The van der Waals surface area contributed by atoms with Gasteiger partial charge in [-0.25, -0.2) is 4.39 Å². The Labute approximate surface area is 121 Å². The summed E-state index contributed by atoms with van der Waals surface area (Å²) in [5.74, 6) is -2.10. The van der Waals surface area contributed by atoms with Gasteiger partial charge in [-0.15, -0.1) is 0 Å². The molecule has 2 unspecified atom stereocenters. The predicted molar refractivity (Wildman–Crippen MR) is 75.1 cm³/mol. The maximum Gasteiger partial charge on any atom is 0.200 e. The van der Waals surface area contributed by atoms with Crippen LogP contribution in [0.4, 0.5) is 8.78 Å². The van der Waals surface area contributed by atoms with Gasteiger partial charge in [0.1, 0.15) is 0 Å². The van der Waals surface area contributed by atoms with Gasteiger partial charge in [0, 0.05) is 10.5 Å². The Bertz CT molecular complexity index is 509. The molecule has 1 aromatic carbocycles. The van der Waals surface area contributed by atoms with Crippen LogP contribution in [0.15, 0.2) is 12.1 Å². The highest BCUT2D eigenvalue weighted by Gasteiger charge is 2.43. The van der Waals surface area contributed by atoms with Crippen molar-refractivity contribution in [3.63, 3.8) is 0 Å². The summed E-state index contributed by atoms with van der Waals surface area (Å²) in [6.07, 6.45) is 4.57. The minimum Gasteiger partial charge on any atom is -0.494 e. The second kappa shape index (κ2) is 5.19. The maximum absolute atomic E-state index is 13.7. The molecule has 3 rings (SSSR count). The van der Waals surface area contributed by atoms with Gasteiger partial charge < -0.3 is 9.84 Å². The van der Waals surface area contributed by atoms with Crippen LogP contribution in [-0.2, 0) is 5.60 Å². The average molecular weight is 300 g/mol. The lowest BCUT2D eigenvalue weighted by atomic mass is 9.80. The smallest absolute Gasteiger partial charge is 0.200 e. The number of halogens is 2. The summed E-state index contributed by atoms with van der Waals surface area (Å²) in [6.45, 7) is 0. The van der Waals surface area contributed by atoms with E-state index in [-0.39, 0.29) is 5.75 Å². The van der Waals surface area contributed by atoms with Crippen molar-refractivity contribution in [1.82, 2.24) is 0 Å². The van der Waals surface area contributed by atoms with E-state index in [1.165, 1.54) is 19.6 Å². The van der Waals surface area contributed by atoms with Crippen LogP contribution in [0, 0.1) is 11.6 Å². The van der Waals surface area contributed by atoms with Crippen LogP contribution in [0.2, 0.25) is 0 Å². The number of thioether (sulfide) groups is 1. The van der Waals surface area contributed by atoms with E-state index in [2.05, 4.69) is 0 Å². The summed E-state index contributed by atoms with van der Waals surface area (Å²) < 4.78 is 32.1. The van der Waals surface area contributed by atoms with Gasteiger partial charge in [-0.3, -0.25) is 0 Å². The molecule has 2 saturated heterocycles. The van der Waals surface area contributed by atoms with Crippen molar-refractivity contribution >= 4 is 11.8 Å². The fourth-order valence-corrected chi connectivity index (χ4v) is 5.23. The molecular formula is C15H18F2O2S. The van der Waals surface area contributed by atoms with Crippen LogP contribution in [0.3, 0.4) is 0 Å². The van der Waals surface area contributed by atoms with Gasteiger partial charge in [0.05, 0.1) is 12.7 Å². The van der Waals surface area contributed by atoms with Gasteiger partial charge in [-0.1, -0.05) is 6.42 Å². The molecule has 2 aliphatic rings. The van der Waals surface area contributed by atoms with Gasteiger partial charge in [0.25, 0.3) is 0 Å². The summed E-state index contributed by atoms with van der Waals surface area (Å²) in [4.78, 5) is 0. The first-order valence-electron chi connectivity index (χ1n) is 6.93. The van der Waals surface area contributed by atoms with E-state index < -0.39 is 17.2 Å². The average Bonchev–Trinajstić information content (AvgIpc) is 2.41. The number of fused-ring (bicyclic) bond motifs is 2. The predicted octanol–water partition coefficient (Wildman–Crippen LogP) is 3.61. The van der Waals surface area contributed by atoms with Crippen LogP contribution in [0.5, 0.6) is 5.75 Å². The summed E-state index contributed by atoms with van der Waals surface area (Å²) >= 11 is 1.93. The summed E-state index contributed by atoms with van der Waals surface area (Å²) in [5, 5.41) is 11.7. The van der Waals surface area contributed by atoms with Crippen molar-refractivity contribution in [2.75, 3.05) is 7.11 Å². The van der Waals surface area contributed by atoms with E-state index >= 15 is 0 Å². The number of rotatable bonds is 2. The second-order valence-electron chi connectivity index (χ2n) is 5.73. The van der Waals surface area contributed by atoms with E-state index in [0.29, 0.717) is 28.9 Å². The Morgan fingerprint density at radius 2 is 1.90 bits per heavy atom. The van der Waals surface area contributed by atoms with E-state index in [4.69, 9.17) is 4.74 Å². The van der Waals surface area contributed by atoms with Crippen molar-refractivity contribution in [3.8, 4) is 5.75 Å². The van der Waals surface area contributed by atoms with E-state index in [1.54, 1.807) is 0 Å². The van der Waals surface area contributed by atoms with Crippen molar-refractivity contribution in [1.29, 1.82) is 0 Å². The molecule has 20 heavy (non-hydrogen) atoms. The van der Waals surface area contributed by atoms with Crippen molar-refractivity contribution in [2.24, 2.45) is 0 Å². The van der Waals surface area contributed by atoms with E-state index in [9.17, 15) is 13.9 Å². The number of hydrogen-bond donors (Lipinski definition) is 1. The molecule has 0 aliphatic carbocycles. The lowest BCUT2D eigenvalue weighted by molar-refractivity contribution is 0.00755. The third-order valence-electron chi connectivity index (χ3n) is 4.32. The van der Waals surface area contributed by atoms with Gasteiger partial charge >= 0.3 is 0 Å². The standard InChI is InChI=1S/C15H18F2O2S/c1-19-13-6-9(5-12(16)14(13)17)15(18)7-10-3-2-4-11(8-15)20-10/h5-6,10-11,18H,2-4,7-8H2,1H3. The summed E-state index contributed by atoms with van der Waals surface area (Å²) in [6, 6.07) is 2.55. The number of aliphatic hydroxyl groups is 1. The highest BCUT2D eigenvalue weighted by atomic mass is 32.2. The molecule has 0 radical (unpaired) electrons. The molecule has 2 bridgehead atoms. The van der Waals surface area contributed by atoms with Crippen molar-refractivity contribution in [2.45, 2.75) is 48.2 Å². The Kier molecular flexibility index (Phi) is 3.67. The number of hydrogen-bond acceptors (Lipinski definition) is 3.